The number of furan rings is 1. The van der Waals surface area contributed by atoms with Crippen molar-refractivity contribution in [2.24, 2.45) is 5.92 Å². The van der Waals surface area contributed by atoms with Crippen LogP contribution >= 0.6 is 11.8 Å². The molecule has 1 amide bonds. The normalized spacial score (nSPS) is 15.6. The van der Waals surface area contributed by atoms with Gasteiger partial charge < -0.3 is 9.73 Å². The Kier molecular flexibility index (Phi) is 6.91. The van der Waals surface area contributed by atoms with Gasteiger partial charge in [-0.05, 0) is 54.4 Å². The van der Waals surface area contributed by atoms with E-state index in [0.717, 1.165) is 56.3 Å². The average molecular weight is 409 g/mol. The van der Waals surface area contributed by atoms with Crippen molar-refractivity contribution >= 4 is 28.4 Å². The van der Waals surface area contributed by atoms with E-state index in [1.54, 1.807) is 18.0 Å². The topological polar surface area (TPSA) is 45.5 Å². The predicted molar refractivity (Wildman–Crippen MR) is 120 cm³/mol. The lowest BCUT2D eigenvalue weighted by Crippen LogP contribution is -2.40. The van der Waals surface area contributed by atoms with Gasteiger partial charge in [-0.25, -0.2) is 0 Å². The predicted octanol–water partition coefficient (Wildman–Crippen LogP) is 4.69. The van der Waals surface area contributed by atoms with Crippen LogP contribution in [0.1, 0.15) is 24.2 Å². The van der Waals surface area contributed by atoms with Crippen LogP contribution in [0.5, 0.6) is 0 Å². The number of piperidine rings is 1. The number of benzene rings is 2. The molecule has 0 bridgehead atoms. The standard InChI is InChI=1S/C24H28N2O2S/c27-24(25-12-16-29-18-22-8-4-15-28-22)20-10-13-26(14-11-20)17-21-7-3-6-19-5-1-2-9-23(19)21/h1-9,15,20H,10-14,16-18H2,(H,25,27). The maximum atomic E-state index is 12.5. The number of likely N-dealkylation sites (tertiary alicyclic amines) is 1. The Balaban J connectivity index is 1.18. The van der Waals surface area contributed by atoms with Gasteiger partial charge in [0, 0.05) is 24.8 Å². The molecular formula is C24H28N2O2S. The van der Waals surface area contributed by atoms with E-state index in [1.165, 1.54) is 16.3 Å². The first kappa shape index (κ1) is 20.0. The van der Waals surface area contributed by atoms with Gasteiger partial charge in [0.2, 0.25) is 5.91 Å². The fourth-order valence-corrected chi connectivity index (χ4v) is 4.74. The summed E-state index contributed by atoms with van der Waals surface area (Å²) >= 11 is 1.79. The summed E-state index contributed by atoms with van der Waals surface area (Å²) < 4.78 is 5.32. The number of fused-ring (bicyclic) bond motifs is 1. The van der Waals surface area contributed by atoms with Gasteiger partial charge in [-0.1, -0.05) is 42.5 Å². The van der Waals surface area contributed by atoms with Crippen LogP contribution < -0.4 is 5.32 Å². The van der Waals surface area contributed by atoms with Crippen LogP contribution in [-0.2, 0) is 17.1 Å². The zero-order valence-corrected chi connectivity index (χ0v) is 17.5. The molecule has 5 heteroatoms. The molecular weight excluding hydrogens is 380 g/mol. The molecule has 2 aromatic carbocycles. The summed E-state index contributed by atoms with van der Waals surface area (Å²) in [4.78, 5) is 14.9. The largest absolute Gasteiger partial charge is 0.468 e. The minimum absolute atomic E-state index is 0.147. The molecule has 2 heterocycles. The van der Waals surface area contributed by atoms with Crippen LogP contribution in [-0.4, -0.2) is 36.2 Å². The molecule has 1 aliphatic heterocycles. The number of carbonyl (C=O) groups is 1. The van der Waals surface area contributed by atoms with Gasteiger partial charge in [-0.15, -0.1) is 0 Å². The van der Waals surface area contributed by atoms with Crippen LogP contribution in [0.25, 0.3) is 10.8 Å². The van der Waals surface area contributed by atoms with Crippen LogP contribution in [0.2, 0.25) is 0 Å². The second kappa shape index (κ2) is 9.99. The van der Waals surface area contributed by atoms with Gasteiger partial charge in [0.1, 0.15) is 5.76 Å². The molecule has 1 fully saturated rings. The summed E-state index contributed by atoms with van der Waals surface area (Å²) in [7, 11) is 0. The van der Waals surface area contributed by atoms with Crippen molar-refractivity contribution < 1.29 is 9.21 Å². The van der Waals surface area contributed by atoms with Crippen LogP contribution in [0.3, 0.4) is 0 Å². The van der Waals surface area contributed by atoms with Crippen LogP contribution in [0.15, 0.2) is 65.3 Å². The highest BCUT2D eigenvalue weighted by molar-refractivity contribution is 7.98. The zero-order chi connectivity index (χ0) is 19.9. The minimum atomic E-state index is 0.147. The second-order valence-corrected chi connectivity index (χ2v) is 8.72. The fraction of sp³-hybridized carbons (Fsp3) is 0.375. The quantitative estimate of drug-likeness (QED) is 0.549. The van der Waals surface area contributed by atoms with E-state index < -0.39 is 0 Å². The minimum Gasteiger partial charge on any atom is -0.468 e. The smallest absolute Gasteiger partial charge is 0.223 e. The van der Waals surface area contributed by atoms with E-state index in [9.17, 15) is 4.79 Å². The van der Waals surface area contributed by atoms with Crippen molar-refractivity contribution in [3.63, 3.8) is 0 Å². The summed E-state index contributed by atoms with van der Waals surface area (Å²) in [5.41, 5.74) is 1.37. The Hall–Kier alpha value is -2.24. The molecule has 1 aliphatic rings. The number of amides is 1. The van der Waals surface area contributed by atoms with E-state index in [2.05, 4.69) is 52.7 Å². The third kappa shape index (κ3) is 5.43. The number of nitrogens with zero attached hydrogens (tertiary/aromatic N) is 1. The van der Waals surface area contributed by atoms with E-state index in [-0.39, 0.29) is 11.8 Å². The monoisotopic (exact) mass is 408 g/mol. The molecule has 29 heavy (non-hydrogen) atoms. The van der Waals surface area contributed by atoms with Crippen molar-refractivity contribution in [2.75, 3.05) is 25.4 Å². The van der Waals surface area contributed by atoms with Gasteiger partial charge in [0.25, 0.3) is 0 Å². The lowest BCUT2D eigenvalue weighted by atomic mass is 9.95. The molecule has 0 unspecified atom stereocenters. The Bertz CT molecular complexity index is 912. The lowest BCUT2D eigenvalue weighted by molar-refractivity contribution is -0.126. The Morgan fingerprint density at radius 3 is 2.72 bits per heavy atom. The first-order chi connectivity index (χ1) is 14.3. The summed E-state index contributed by atoms with van der Waals surface area (Å²) in [6, 6.07) is 19.0. The molecule has 0 atom stereocenters. The zero-order valence-electron chi connectivity index (χ0n) is 16.7. The fourth-order valence-electron chi connectivity index (χ4n) is 3.98. The number of hydrogen-bond donors (Lipinski definition) is 1. The van der Waals surface area contributed by atoms with Crippen LogP contribution in [0.4, 0.5) is 0 Å². The average Bonchev–Trinajstić information content (AvgIpc) is 3.28. The first-order valence-corrected chi connectivity index (χ1v) is 11.5. The van der Waals surface area contributed by atoms with Gasteiger partial charge >= 0.3 is 0 Å². The van der Waals surface area contributed by atoms with Crippen molar-refractivity contribution in [1.82, 2.24) is 10.2 Å². The van der Waals surface area contributed by atoms with Crippen molar-refractivity contribution in [2.45, 2.75) is 25.1 Å². The maximum absolute atomic E-state index is 12.5. The summed E-state index contributed by atoms with van der Waals surface area (Å²) in [6.45, 7) is 3.64. The van der Waals surface area contributed by atoms with Gasteiger partial charge in [0.15, 0.2) is 0 Å². The molecule has 4 rings (SSSR count). The summed E-state index contributed by atoms with van der Waals surface area (Å²) in [5.74, 6) is 3.11. The van der Waals surface area contributed by atoms with Gasteiger partial charge in [-0.3, -0.25) is 9.69 Å². The molecule has 4 nitrogen and oxygen atoms in total. The van der Waals surface area contributed by atoms with Gasteiger partial charge in [0.05, 0.1) is 12.0 Å². The molecule has 1 N–H and O–H groups in total. The number of thioether (sulfide) groups is 1. The molecule has 0 spiro atoms. The Morgan fingerprint density at radius 2 is 1.90 bits per heavy atom. The highest BCUT2D eigenvalue weighted by Crippen LogP contribution is 2.23. The number of nitrogens with one attached hydrogen (secondary N) is 1. The van der Waals surface area contributed by atoms with E-state index in [4.69, 9.17) is 4.42 Å². The maximum Gasteiger partial charge on any atom is 0.223 e. The van der Waals surface area contributed by atoms with Crippen molar-refractivity contribution in [3.05, 3.63) is 72.2 Å². The van der Waals surface area contributed by atoms with Gasteiger partial charge in [-0.2, -0.15) is 11.8 Å². The Morgan fingerprint density at radius 1 is 1.07 bits per heavy atom. The highest BCUT2D eigenvalue weighted by Gasteiger charge is 2.24. The SMILES string of the molecule is O=C(NCCSCc1ccco1)C1CCN(Cc2cccc3ccccc23)CC1. The summed E-state index contributed by atoms with van der Waals surface area (Å²) in [6.07, 6.45) is 3.58. The third-order valence-corrected chi connectivity index (χ3v) is 6.58. The van der Waals surface area contributed by atoms with Crippen molar-refractivity contribution in [1.29, 1.82) is 0 Å². The lowest BCUT2D eigenvalue weighted by Gasteiger charge is -2.31. The molecule has 1 saturated heterocycles. The molecule has 0 radical (unpaired) electrons. The van der Waals surface area contributed by atoms with E-state index in [1.807, 2.05) is 12.1 Å². The number of hydrogen-bond acceptors (Lipinski definition) is 4. The molecule has 0 saturated carbocycles. The first-order valence-electron chi connectivity index (χ1n) is 10.4. The van der Waals surface area contributed by atoms with Crippen LogP contribution in [0, 0.1) is 5.92 Å². The second-order valence-electron chi connectivity index (χ2n) is 7.61. The molecule has 1 aromatic heterocycles. The summed E-state index contributed by atoms with van der Waals surface area (Å²) in [5, 5.41) is 5.74. The third-order valence-electron chi connectivity index (χ3n) is 5.60. The van der Waals surface area contributed by atoms with Crippen molar-refractivity contribution in [3.8, 4) is 0 Å². The molecule has 152 valence electrons. The highest BCUT2D eigenvalue weighted by atomic mass is 32.2. The van der Waals surface area contributed by atoms with E-state index >= 15 is 0 Å². The number of rotatable bonds is 8. The Labute approximate surface area is 176 Å². The van der Waals surface area contributed by atoms with E-state index in [0.29, 0.717) is 0 Å². The number of carbonyl (C=O) groups excluding carboxylic acids is 1. The molecule has 0 aliphatic carbocycles. The molecule has 3 aromatic rings.